The minimum atomic E-state index is 0.266. The van der Waals surface area contributed by atoms with E-state index in [4.69, 9.17) is 8.83 Å². The lowest BCUT2D eigenvalue weighted by molar-refractivity contribution is 0.481. The minimum Gasteiger partial charge on any atom is -0.507 e. The van der Waals surface area contributed by atoms with E-state index < -0.39 is 0 Å². The van der Waals surface area contributed by atoms with Crippen molar-refractivity contribution < 1.29 is 13.9 Å². The first-order chi connectivity index (χ1) is 17.7. The number of benzene rings is 6. The van der Waals surface area contributed by atoms with Gasteiger partial charge < -0.3 is 13.9 Å². The van der Waals surface area contributed by atoms with Crippen LogP contribution in [-0.4, -0.2) is 5.11 Å². The summed E-state index contributed by atoms with van der Waals surface area (Å²) in [4.78, 5) is 0. The third-order valence-electron chi connectivity index (χ3n) is 6.96. The van der Waals surface area contributed by atoms with Gasteiger partial charge in [-0.15, -0.1) is 0 Å². The average molecular weight is 467 g/mol. The summed E-state index contributed by atoms with van der Waals surface area (Å²) in [6.45, 7) is 2.14. The molecular weight excluding hydrogens is 444 g/mol. The van der Waals surface area contributed by atoms with Crippen molar-refractivity contribution in [1.29, 1.82) is 0 Å². The summed E-state index contributed by atoms with van der Waals surface area (Å²) in [7, 11) is 0. The number of aryl methyl sites for hydroxylation is 1. The quantitative estimate of drug-likeness (QED) is 0.242. The topological polar surface area (TPSA) is 46.5 Å². The van der Waals surface area contributed by atoms with E-state index in [2.05, 4.69) is 61.5 Å². The molecule has 0 atom stereocenters. The normalized spacial score (nSPS) is 11.6. The molecule has 36 heavy (non-hydrogen) atoms. The van der Waals surface area contributed by atoms with Crippen LogP contribution in [0.4, 0.5) is 0 Å². The van der Waals surface area contributed by atoms with E-state index in [1.165, 1.54) is 27.1 Å². The first-order valence-electron chi connectivity index (χ1n) is 12.0. The Morgan fingerprint density at radius 2 is 0.944 bits per heavy atom. The summed E-state index contributed by atoms with van der Waals surface area (Å²) in [5, 5.41) is 19.1. The molecule has 0 aliphatic heterocycles. The van der Waals surface area contributed by atoms with Crippen LogP contribution in [0.3, 0.4) is 0 Å². The fourth-order valence-electron chi connectivity index (χ4n) is 5.33. The molecule has 0 amide bonds. The van der Waals surface area contributed by atoms with Gasteiger partial charge in [-0.1, -0.05) is 78.9 Å². The Bertz CT molecular complexity index is 1920. The summed E-state index contributed by atoms with van der Waals surface area (Å²) in [5.74, 6) is 0.266. The molecule has 0 bridgehead atoms. The Kier molecular flexibility index (Phi) is 4.52. The SMILES string of the molecule is Cc1cccc2oc3ccc4ccccc4c3c12.Oc1cccc2oc3ccc4ccccc4c3c12. The lowest BCUT2D eigenvalue weighted by Crippen LogP contribution is -1.76. The Hall–Kier alpha value is -4.76. The fourth-order valence-corrected chi connectivity index (χ4v) is 5.33. The largest absolute Gasteiger partial charge is 0.507 e. The highest BCUT2D eigenvalue weighted by Crippen LogP contribution is 2.39. The predicted octanol–water partition coefficient (Wildman–Crippen LogP) is 9.49. The van der Waals surface area contributed by atoms with Gasteiger partial charge in [-0.05, 0) is 64.4 Å². The number of hydrogen-bond donors (Lipinski definition) is 1. The van der Waals surface area contributed by atoms with Crippen LogP contribution in [0.1, 0.15) is 5.56 Å². The van der Waals surface area contributed by atoms with Gasteiger partial charge in [0.1, 0.15) is 28.1 Å². The molecule has 0 saturated heterocycles. The maximum absolute atomic E-state index is 10.1. The van der Waals surface area contributed by atoms with E-state index in [1.807, 2.05) is 42.5 Å². The first-order valence-corrected chi connectivity index (χ1v) is 12.0. The maximum atomic E-state index is 10.1. The molecule has 0 aliphatic rings. The fraction of sp³-hybridized carbons (Fsp3) is 0.0303. The van der Waals surface area contributed by atoms with Crippen molar-refractivity contribution in [3.63, 3.8) is 0 Å². The Balaban J connectivity index is 0.000000122. The maximum Gasteiger partial charge on any atom is 0.139 e. The van der Waals surface area contributed by atoms with Gasteiger partial charge in [0.25, 0.3) is 0 Å². The highest BCUT2D eigenvalue weighted by atomic mass is 16.3. The molecule has 0 aliphatic carbocycles. The van der Waals surface area contributed by atoms with E-state index in [0.717, 1.165) is 43.9 Å². The second-order valence-electron chi connectivity index (χ2n) is 9.12. The molecule has 172 valence electrons. The lowest BCUT2D eigenvalue weighted by Gasteiger charge is -2.00. The molecule has 3 nitrogen and oxygen atoms in total. The number of rotatable bonds is 0. The molecule has 0 unspecified atom stereocenters. The molecule has 3 heteroatoms. The molecule has 1 N–H and O–H groups in total. The molecule has 2 heterocycles. The standard InChI is InChI=1S/C17H12O.C16H10O2/c1-11-5-4-8-14-16(11)17-13-7-3-2-6-12(13)9-10-15(17)18-14;17-12-6-3-7-13-16(12)15-11-5-2-1-4-10(11)8-9-14(15)18-13/h2-10H,1H3;1-9,17H. The third-order valence-corrected chi connectivity index (χ3v) is 6.96. The van der Waals surface area contributed by atoms with Gasteiger partial charge >= 0.3 is 0 Å². The van der Waals surface area contributed by atoms with Crippen LogP contribution in [-0.2, 0) is 0 Å². The van der Waals surface area contributed by atoms with Crippen LogP contribution in [0.15, 0.2) is 118 Å². The summed E-state index contributed by atoms with van der Waals surface area (Å²) in [5.41, 5.74) is 4.74. The van der Waals surface area contributed by atoms with Crippen molar-refractivity contribution in [2.45, 2.75) is 6.92 Å². The second kappa shape index (κ2) is 7.89. The highest BCUT2D eigenvalue weighted by Gasteiger charge is 2.13. The van der Waals surface area contributed by atoms with Gasteiger partial charge in [0.15, 0.2) is 0 Å². The predicted molar refractivity (Wildman–Crippen MR) is 149 cm³/mol. The molecule has 8 aromatic rings. The van der Waals surface area contributed by atoms with Crippen LogP contribution in [0.5, 0.6) is 5.75 Å². The number of furan rings is 2. The van der Waals surface area contributed by atoms with E-state index in [9.17, 15) is 5.11 Å². The van der Waals surface area contributed by atoms with Crippen LogP contribution in [0.2, 0.25) is 0 Å². The van der Waals surface area contributed by atoms with Gasteiger partial charge in [-0.2, -0.15) is 0 Å². The highest BCUT2D eigenvalue weighted by molar-refractivity contribution is 6.21. The molecule has 6 aromatic carbocycles. The monoisotopic (exact) mass is 466 g/mol. The molecule has 8 rings (SSSR count). The minimum absolute atomic E-state index is 0.266. The zero-order valence-corrected chi connectivity index (χ0v) is 19.7. The van der Waals surface area contributed by atoms with E-state index in [0.29, 0.717) is 0 Å². The Morgan fingerprint density at radius 1 is 0.444 bits per heavy atom. The van der Waals surface area contributed by atoms with Crippen molar-refractivity contribution in [3.05, 3.63) is 115 Å². The van der Waals surface area contributed by atoms with Crippen molar-refractivity contribution in [2.75, 3.05) is 0 Å². The molecular formula is C33H22O3. The van der Waals surface area contributed by atoms with Crippen molar-refractivity contribution in [1.82, 2.24) is 0 Å². The van der Waals surface area contributed by atoms with Crippen LogP contribution in [0, 0.1) is 6.92 Å². The number of phenols is 1. The van der Waals surface area contributed by atoms with E-state index in [1.54, 1.807) is 12.1 Å². The van der Waals surface area contributed by atoms with E-state index >= 15 is 0 Å². The van der Waals surface area contributed by atoms with Gasteiger partial charge in [0.05, 0.1) is 5.39 Å². The van der Waals surface area contributed by atoms with Crippen molar-refractivity contribution in [3.8, 4) is 5.75 Å². The molecule has 0 spiro atoms. The average Bonchev–Trinajstić information content (AvgIpc) is 3.49. The Morgan fingerprint density at radius 3 is 1.58 bits per heavy atom. The zero-order valence-electron chi connectivity index (χ0n) is 19.7. The molecule has 2 aromatic heterocycles. The summed E-state index contributed by atoms with van der Waals surface area (Å²) < 4.78 is 11.7. The van der Waals surface area contributed by atoms with Crippen LogP contribution < -0.4 is 0 Å². The number of aromatic hydroxyl groups is 1. The molecule has 0 radical (unpaired) electrons. The van der Waals surface area contributed by atoms with Gasteiger partial charge in [-0.25, -0.2) is 0 Å². The van der Waals surface area contributed by atoms with Gasteiger partial charge in [-0.3, -0.25) is 0 Å². The number of fused-ring (bicyclic) bond motifs is 10. The third kappa shape index (κ3) is 3.06. The molecule has 0 fully saturated rings. The van der Waals surface area contributed by atoms with Crippen LogP contribution in [0.25, 0.3) is 65.4 Å². The number of hydrogen-bond acceptors (Lipinski definition) is 3. The van der Waals surface area contributed by atoms with Gasteiger partial charge in [0, 0.05) is 16.2 Å². The molecule has 0 saturated carbocycles. The lowest BCUT2D eigenvalue weighted by atomic mass is 10.0. The van der Waals surface area contributed by atoms with Crippen molar-refractivity contribution >= 4 is 65.4 Å². The first kappa shape index (κ1) is 20.6. The summed E-state index contributed by atoms with van der Waals surface area (Å²) in [6, 6.07) is 36.4. The number of phenolic OH excluding ortho intramolecular Hbond substituents is 1. The van der Waals surface area contributed by atoms with E-state index in [-0.39, 0.29) is 5.75 Å². The van der Waals surface area contributed by atoms with Crippen molar-refractivity contribution in [2.24, 2.45) is 0 Å². The Labute approximate surface area is 206 Å². The van der Waals surface area contributed by atoms with Gasteiger partial charge in [0.2, 0.25) is 0 Å². The summed E-state index contributed by atoms with van der Waals surface area (Å²) >= 11 is 0. The smallest absolute Gasteiger partial charge is 0.139 e. The summed E-state index contributed by atoms with van der Waals surface area (Å²) in [6.07, 6.45) is 0. The van der Waals surface area contributed by atoms with Crippen LogP contribution >= 0.6 is 0 Å². The zero-order chi connectivity index (χ0) is 24.2. The second-order valence-corrected chi connectivity index (χ2v) is 9.12.